The van der Waals surface area contributed by atoms with Crippen LogP contribution in [0.25, 0.3) is 0 Å². The van der Waals surface area contributed by atoms with Crippen molar-refractivity contribution in [1.82, 2.24) is 5.32 Å². The second-order valence-corrected chi connectivity index (χ2v) is 3.21. The van der Waals surface area contributed by atoms with Crippen molar-refractivity contribution in [3.63, 3.8) is 0 Å². The molecular weight excluding hydrogens is 210 g/mol. The number of esters is 1. The highest BCUT2D eigenvalue weighted by Gasteiger charge is 1.98. The van der Waals surface area contributed by atoms with Gasteiger partial charge in [-0.15, -0.1) is 0 Å². The molecule has 0 atom stereocenters. The van der Waals surface area contributed by atoms with Gasteiger partial charge in [-0.05, 0) is 32.1 Å². The van der Waals surface area contributed by atoms with Crippen molar-refractivity contribution in [2.75, 3.05) is 25.4 Å². The third-order valence-corrected chi connectivity index (χ3v) is 1.90. The Hall–Kier alpha value is -0.220. The van der Waals surface area contributed by atoms with Crippen molar-refractivity contribution >= 4 is 18.6 Å². The molecule has 3 nitrogen and oxygen atoms in total. The third kappa shape index (κ3) is 16.5. The fourth-order valence-corrected chi connectivity index (χ4v) is 1.16. The minimum Gasteiger partial charge on any atom is -0.465 e. The molecule has 0 aromatic heterocycles. The Labute approximate surface area is 99.4 Å². The number of hydrogen-bond acceptors (Lipinski definition) is 4. The van der Waals surface area contributed by atoms with Crippen LogP contribution in [0.2, 0.25) is 0 Å². The first-order valence-electron chi connectivity index (χ1n) is 5.78. The monoisotopic (exact) mass is 235 g/mol. The van der Waals surface area contributed by atoms with E-state index >= 15 is 0 Å². The summed E-state index contributed by atoms with van der Waals surface area (Å²) in [5.41, 5.74) is 0. The lowest BCUT2D eigenvalue weighted by Crippen LogP contribution is -2.25. The van der Waals surface area contributed by atoms with Crippen LogP contribution in [0.5, 0.6) is 0 Å². The second-order valence-electron chi connectivity index (χ2n) is 2.77. The number of unbranched alkanes of at least 4 members (excludes halogenated alkanes) is 2. The Morgan fingerprint density at radius 1 is 1.27 bits per heavy atom. The van der Waals surface area contributed by atoms with E-state index in [9.17, 15) is 4.79 Å². The molecule has 0 radical (unpaired) electrons. The van der Waals surface area contributed by atoms with Gasteiger partial charge < -0.3 is 10.1 Å². The van der Waals surface area contributed by atoms with Crippen molar-refractivity contribution in [3.05, 3.63) is 0 Å². The summed E-state index contributed by atoms with van der Waals surface area (Å²) >= 11 is 4.11. The lowest BCUT2D eigenvalue weighted by molar-refractivity contribution is -0.141. The maximum absolute atomic E-state index is 10.8. The molecule has 1 N–H and O–H groups in total. The van der Waals surface area contributed by atoms with Crippen LogP contribution < -0.4 is 5.32 Å². The topological polar surface area (TPSA) is 38.3 Å². The molecule has 0 rings (SSSR count). The number of ether oxygens (including phenoxy) is 1. The molecule has 0 aromatic rings. The largest absolute Gasteiger partial charge is 0.465 e. The summed E-state index contributed by atoms with van der Waals surface area (Å²) in [7, 11) is 0. The van der Waals surface area contributed by atoms with Crippen LogP contribution in [0, 0.1) is 0 Å². The number of carbonyl (C=O) groups excluding carboxylic acids is 1. The summed E-state index contributed by atoms with van der Waals surface area (Å²) in [6.45, 7) is 7.48. The highest BCUT2D eigenvalue weighted by atomic mass is 32.1. The van der Waals surface area contributed by atoms with Gasteiger partial charge in [0.2, 0.25) is 0 Å². The van der Waals surface area contributed by atoms with Crippen LogP contribution in [0.1, 0.15) is 40.0 Å². The van der Waals surface area contributed by atoms with Crippen LogP contribution in [0.15, 0.2) is 0 Å². The van der Waals surface area contributed by atoms with E-state index in [-0.39, 0.29) is 5.97 Å². The Morgan fingerprint density at radius 2 is 1.93 bits per heavy atom. The van der Waals surface area contributed by atoms with Crippen molar-refractivity contribution < 1.29 is 9.53 Å². The summed E-state index contributed by atoms with van der Waals surface area (Å²) in [4.78, 5) is 10.8. The highest BCUT2D eigenvalue weighted by molar-refractivity contribution is 7.80. The van der Waals surface area contributed by atoms with E-state index in [0.717, 1.165) is 25.1 Å². The molecule has 0 bridgehead atoms. The maximum atomic E-state index is 10.8. The molecule has 0 saturated carbocycles. The summed E-state index contributed by atoms with van der Waals surface area (Å²) in [6, 6.07) is 0. The van der Waals surface area contributed by atoms with Crippen molar-refractivity contribution in [1.29, 1.82) is 0 Å². The van der Waals surface area contributed by atoms with Crippen LogP contribution in [0.4, 0.5) is 0 Å². The Kier molecular flexibility index (Phi) is 18.6. The molecule has 0 heterocycles. The van der Waals surface area contributed by atoms with E-state index in [1.807, 2.05) is 20.8 Å². The van der Waals surface area contributed by atoms with Gasteiger partial charge in [0.05, 0.1) is 13.2 Å². The molecule has 0 aliphatic heterocycles. The minimum absolute atomic E-state index is 0.170. The van der Waals surface area contributed by atoms with Gasteiger partial charge in [0.1, 0.15) is 0 Å². The lowest BCUT2D eigenvalue weighted by Gasteiger charge is -2.03. The molecule has 0 saturated heterocycles. The molecule has 0 unspecified atom stereocenters. The van der Waals surface area contributed by atoms with Crippen molar-refractivity contribution in [3.8, 4) is 0 Å². The van der Waals surface area contributed by atoms with E-state index in [1.165, 1.54) is 6.42 Å². The zero-order chi connectivity index (χ0) is 11.9. The molecule has 92 valence electrons. The minimum atomic E-state index is -0.170. The predicted molar refractivity (Wildman–Crippen MR) is 68.6 cm³/mol. The van der Waals surface area contributed by atoms with Gasteiger partial charge in [-0.2, -0.15) is 12.6 Å². The zero-order valence-corrected chi connectivity index (χ0v) is 11.1. The van der Waals surface area contributed by atoms with Gasteiger partial charge in [0.25, 0.3) is 0 Å². The zero-order valence-electron chi connectivity index (χ0n) is 10.2. The standard InChI is InChI=1S/C9H19NO2S.C2H6/c1-2-12-9(11)8-10-6-4-3-5-7-13;1-2/h10,13H,2-8H2,1H3;1-2H3. The molecule has 0 aliphatic rings. The summed E-state index contributed by atoms with van der Waals surface area (Å²) < 4.78 is 4.76. The number of hydrogen-bond donors (Lipinski definition) is 2. The SMILES string of the molecule is CC.CCOC(=O)CNCCCCCS. The number of nitrogens with one attached hydrogen (secondary N) is 1. The average molecular weight is 235 g/mol. The van der Waals surface area contributed by atoms with Crippen molar-refractivity contribution in [2.45, 2.75) is 40.0 Å². The van der Waals surface area contributed by atoms with Gasteiger partial charge in [0, 0.05) is 0 Å². The summed E-state index contributed by atoms with van der Waals surface area (Å²) in [5, 5.41) is 3.03. The van der Waals surface area contributed by atoms with Crippen LogP contribution in [-0.2, 0) is 9.53 Å². The molecule has 0 aliphatic carbocycles. The number of thiol groups is 1. The molecular formula is C11H25NO2S. The first kappa shape index (κ1) is 17.2. The number of rotatable bonds is 8. The van der Waals surface area contributed by atoms with E-state index in [0.29, 0.717) is 13.2 Å². The van der Waals surface area contributed by atoms with E-state index < -0.39 is 0 Å². The van der Waals surface area contributed by atoms with Gasteiger partial charge in [-0.1, -0.05) is 20.3 Å². The smallest absolute Gasteiger partial charge is 0.319 e. The van der Waals surface area contributed by atoms with Crippen LogP contribution in [0.3, 0.4) is 0 Å². The van der Waals surface area contributed by atoms with Crippen LogP contribution >= 0.6 is 12.6 Å². The molecule has 0 aromatic carbocycles. The van der Waals surface area contributed by atoms with Gasteiger partial charge in [-0.25, -0.2) is 0 Å². The summed E-state index contributed by atoms with van der Waals surface area (Å²) in [6.07, 6.45) is 3.41. The van der Waals surface area contributed by atoms with Gasteiger partial charge in [-0.3, -0.25) is 4.79 Å². The van der Waals surface area contributed by atoms with Gasteiger partial charge >= 0.3 is 5.97 Å². The molecule has 0 spiro atoms. The van der Waals surface area contributed by atoms with Crippen molar-refractivity contribution in [2.24, 2.45) is 0 Å². The quantitative estimate of drug-likeness (QED) is 0.385. The third-order valence-electron chi connectivity index (χ3n) is 1.59. The molecule has 4 heteroatoms. The first-order chi connectivity index (χ1) is 7.31. The normalized spacial score (nSPS) is 9.07. The van der Waals surface area contributed by atoms with Crippen LogP contribution in [-0.4, -0.2) is 31.4 Å². The fraction of sp³-hybridized carbons (Fsp3) is 0.909. The number of carbonyl (C=O) groups is 1. The average Bonchev–Trinajstić information content (AvgIpc) is 2.26. The molecule has 0 fully saturated rings. The first-order valence-corrected chi connectivity index (χ1v) is 6.41. The molecule has 0 amide bonds. The van der Waals surface area contributed by atoms with E-state index in [4.69, 9.17) is 4.74 Å². The fourth-order valence-electron chi connectivity index (χ4n) is 0.941. The van der Waals surface area contributed by atoms with Gasteiger partial charge in [0.15, 0.2) is 0 Å². The molecule has 15 heavy (non-hydrogen) atoms. The Bertz CT molecular complexity index is 132. The predicted octanol–water partition coefficient (Wildman–Crippen LogP) is 2.27. The van der Waals surface area contributed by atoms with E-state index in [2.05, 4.69) is 17.9 Å². The maximum Gasteiger partial charge on any atom is 0.319 e. The highest BCUT2D eigenvalue weighted by Crippen LogP contribution is 1.94. The second kappa shape index (κ2) is 16.2. The lowest BCUT2D eigenvalue weighted by atomic mass is 10.2. The summed E-state index contributed by atoms with van der Waals surface area (Å²) in [5.74, 6) is 0.773. The van der Waals surface area contributed by atoms with E-state index in [1.54, 1.807) is 0 Å². The Morgan fingerprint density at radius 3 is 2.47 bits per heavy atom. The Balaban J connectivity index is 0.